The summed E-state index contributed by atoms with van der Waals surface area (Å²) in [6.07, 6.45) is 0.859. The third-order valence-corrected chi connectivity index (χ3v) is 4.75. The number of anilines is 1. The molecule has 0 radical (unpaired) electrons. The fourth-order valence-electron chi connectivity index (χ4n) is 3.19. The summed E-state index contributed by atoms with van der Waals surface area (Å²) in [5, 5.41) is 6.59. The molecule has 0 aliphatic carbocycles. The van der Waals surface area contributed by atoms with E-state index in [1.54, 1.807) is 28.4 Å². The molecule has 0 aromatic heterocycles. The third kappa shape index (κ3) is 6.10. The number of guanidine groups is 1. The van der Waals surface area contributed by atoms with Crippen LogP contribution in [0.3, 0.4) is 0 Å². The summed E-state index contributed by atoms with van der Waals surface area (Å²) < 4.78 is 32.9. The van der Waals surface area contributed by atoms with Crippen LogP contribution in [0.15, 0.2) is 35.3 Å². The Morgan fingerprint density at radius 1 is 0.938 bits per heavy atom. The topological polar surface area (TPSA) is 91.8 Å². The lowest BCUT2D eigenvalue weighted by molar-refractivity contribution is 0.204. The van der Waals surface area contributed by atoms with E-state index in [1.165, 1.54) is 0 Å². The number of benzene rings is 2. The van der Waals surface area contributed by atoms with Crippen molar-refractivity contribution in [3.8, 4) is 28.7 Å². The number of nitrogens with zero attached hydrogens (tertiary/aromatic N) is 1. The van der Waals surface area contributed by atoms with E-state index in [0.29, 0.717) is 61.9 Å². The summed E-state index contributed by atoms with van der Waals surface area (Å²) in [6.45, 7) is 2.82. The van der Waals surface area contributed by atoms with E-state index < -0.39 is 0 Å². The van der Waals surface area contributed by atoms with Crippen LogP contribution in [0.25, 0.3) is 0 Å². The number of methoxy groups -OCH3 is 4. The van der Waals surface area contributed by atoms with Crippen LogP contribution in [-0.4, -0.2) is 60.8 Å². The molecule has 0 bridgehead atoms. The summed E-state index contributed by atoms with van der Waals surface area (Å²) in [4.78, 5) is 4.71. The fourth-order valence-corrected chi connectivity index (χ4v) is 3.19. The zero-order chi connectivity index (χ0) is 22.8. The van der Waals surface area contributed by atoms with E-state index in [9.17, 15) is 0 Å². The van der Waals surface area contributed by atoms with Crippen molar-refractivity contribution in [2.45, 2.75) is 13.0 Å². The Morgan fingerprint density at radius 3 is 2.31 bits per heavy atom. The number of rotatable bonds is 9. The van der Waals surface area contributed by atoms with Gasteiger partial charge >= 0.3 is 0 Å². The SMILES string of the molecule is COCCNC(=NCc1cc(OC)c(OC)c(OC)c1)Nc1ccc2c(c1)OCCCO2. The van der Waals surface area contributed by atoms with Crippen molar-refractivity contribution < 1.29 is 28.4 Å². The molecule has 0 atom stereocenters. The van der Waals surface area contributed by atoms with Crippen LogP contribution in [0.2, 0.25) is 0 Å². The first-order chi connectivity index (χ1) is 15.7. The lowest BCUT2D eigenvalue weighted by atomic mass is 10.2. The van der Waals surface area contributed by atoms with Crippen molar-refractivity contribution in [2.75, 3.05) is 60.1 Å². The van der Waals surface area contributed by atoms with E-state index in [0.717, 1.165) is 23.4 Å². The summed E-state index contributed by atoms with van der Waals surface area (Å²) >= 11 is 0. The largest absolute Gasteiger partial charge is 0.493 e. The van der Waals surface area contributed by atoms with Gasteiger partial charge in [0.15, 0.2) is 29.0 Å². The average Bonchev–Trinajstić information content (AvgIpc) is 3.06. The molecule has 2 aromatic rings. The van der Waals surface area contributed by atoms with E-state index in [-0.39, 0.29) is 0 Å². The van der Waals surface area contributed by atoms with E-state index in [1.807, 2.05) is 30.3 Å². The molecule has 0 fully saturated rings. The van der Waals surface area contributed by atoms with Crippen LogP contribution in [-0.2, 0) is 11.3 Å². The first-order valence-corrected chi connectivity index (χ1v) is 10.4. The number of hydrogen-bond acceptors (Lipinski definition) is 7. The van der Waals surface area contributed by atoms with Gasteiger partial charge in [-0.25, -0.2) is 4.99 Å². The van der Waals surface area contributed by atoms with Gasteiger partial charge in [-0.05, 0) is 29.8 Å². The molecule has 1 aliphatic rings. The summed E-state index contributed by atoms with van der Waals surface area (Å²) in [6, 6.07) is 9.50. The molecular formula is C23H31N3O6. The lowest BCUT2D eigenvalue weighted by Gasteiger charge is -2.15. The molecule has 9 heteroatoms. The summed E-state index contributed by atoms with van der Waals surface area (Å²) in [5.41, 5.74) is 1.74. The van der Waals surface area contributed by atoms with Gasteiger partial charge in [-0.2, -0.15) is 0 Å². The van der Waals surface area contributed by atoms with Crippen LogP contribution in [0.1, 0.15) is 12.0 Å². The molecule has 1 aliphatic heterocycles. The van der Waals surface area contributed by atoms with Crippen molar-refractivity contribution in [2.24, 2.45) is 4.99 Å². The van der Waals surface area contributed by atoms with Crippen LogP contribution in [0.5, 0.6) is 28.7 Å². The maximum absolute atomic E-state index is 5.79. The number of ether oxygens (including phenoxy) is 6. The lowest BCUT2D eigenvalue weighted by Crippen LogP contribution is -2.33. The molecule has 32 heavy (non-hydrogen) atoms. The zero-order valence-electron chi connectivity index (χ0n) is 19.0. The maximum atomic E-state index is 5.79. The quantitative estimate of drug-likeness (QED) is 0.346. The molecular weight excluding hydrogens is 414 g/mol. The van der Waals surface area contributed by atoms with Crippen LogP contribution in [0.4, 0.5) is 5.69 Å². The molecule has 2 N–H and O–H groups in total. The second kappa shape index (κ2) is 11.9. The molecule has 0 amide bonds. The Labute approximate surface area is 188 Å². The first-order valence-electron chi connectivity index (χ1n) is 10.4. The van der Waals surface area contributed by atoms with Gasteiger partial charge in [0.2, 0.25) is 5.75 Å². The highest BCUT2D eigenvalue weighted by molar-refractivity contribution is 5.94. The smallest absolute Gasteiger partial charge is 0.203 e. The second-order valence-electron chi connectivity index (χ2n) is 6.95. The number of nitrogens with one attached hydrogen (secondary N) is 2. The van der Waals surface area contributed by atoms with Crippen molar-refractivity contribution in [1.29, 1.82) is 0 Å². The second-order valence-corrected chi connectivity index (χ2v) is 6.95. The van der Waals surface area contributed by atoms with Crippen molar-refractivity contribution in [3.63, 3.8) is 0 Å². The Balaban J connectivity index is 1.80. The van der Waals surface area contributed by atoms with Gasteiger partial charge in [-0.3, -0.25) is 0 Å². The first kappa shape index (κ1) is 23.3. The van der Waals surface area contributed by atoms with Crippen LogP contribution < -0.4 is 34.3 Å². The molecule has 174 valence electrons. The normalized spacial score (nSPS) is 13.2. The van der Waals surface area contributed by atoms with Gasteiger partial charge in [0.25, 0.3) is 0 Å². The van der Waals surface area contributed by atoms with E-state index >= 15 is 0 Å². The highest BCUT2D eigenvalue weighted by atomic mass is 16.5. The van der Waals surface area contributed by atoms with Gasteiger partial charge in [-0.1, -0.05) is 0 Å². The van der Waals surface area contributed by atoms with Crippen molar-refractivity contribution in [1.82, 2.24) is 5.32 Å². The zero-order valence-corrected chi connectivity index (χ0v) is 19.0. The monoisotopic (exact) mass is 445 g/mol. The van der Waals surface area contributed by atoms with Gasteiger partial charge in [0.05, 0.1) is 47.7 Å². The predicted octanol–water partition coefficient (Wildman–Crippen LogP) is 3.08. The minimum atomic E-state index is 0.392. The summed E-state index contributed by atoms with van der Waals surface area (Å²) in [7, 11) is 6.42. The summed E-state index contributed by atoms with van der Waals surface area (Å²) in [5.74, 6) is 3.78. The molecule has 0 unspecified atom stereocenters. The average molecular weight is 446 g/mol. The van der Waals surface area contributed by atoms with Gasteiger partial charge in [0, 0.05) is 31.8 Å². The fraction of sp³-hybridized carbons (Fsp3) is 0.435. The minimum absolute atomic E-state index is 0.392. The highest BCUT2D eigenvalue weighted by Crippen LogP contribution is 2.38. The maximum Gasteiger partial charge on any atom is 0.203 e. The molecule has 9 nitrogen and oxygen atoms in total. The van der Waals surface area contributed by atoms with Crippen molar-refractivity contribution in [3.05, 3.63) is 35.9 Å². The molecule has 0 saturated carbocycles. The molecule has 2 aromatic carbocycles. The van der Waals surface area contributed by atoms with Crippen LogP contribution in [0, 0.1) is 0 Å². The Hall–Kier alpha value is -3.33. The Bertz CT molecular complexity index is 894. The Morgan fingerprint density at radius 2 is 1.66 bits per heavy atom. The third-order valence-electron chi connectivity index (χ3n) is 4.75. The minimum Gasteiger partial charge on any atom is -0.493 e. The number of aliphatic imine (C=N–C) groups is 1. The molecule has 1 heterocycles. The number of fused-ring (bicyclic) bond motifs is 1. The molecule has 0 saturated heterocycles. The van der Waals surface area contributed by atoms with Gasteiger partial charge < -0.3 is 39.1 Å². The van der Waals surface area contributed by atoms with Gasteiger partial charge in [-0.15, -0.1) is 0 Å². The van der Waals surface area contributed by atoms with Crippen molar-refractivity contribution >= 4 is 11.6 Å². The van der Waals surface area contributed by atoms with Crippen LogP contribution >= 0.6 is 0 Å². The molecule has 0 spiro atoms. The Kier molecular flexibility index (Phi) is 8.68. The van der Waals surface area contributed by atoms with E-state index in [2.05, 4.69) is 10.6 Å². The predicted molar refractivity (Wildman–Crippen MR) is 123 cm³/mol. The van der Waals surface area contributed by atoms with Gasteiger partial charge in [0.1, 0.15) is 0 Å². The van der Waals surface area contributed by atoms with E-state index in [4.69, 9.17) is 33.4 Å². The number of hydrogen-bond donors (Lipinski definition) is 2. The molecule has 3 rings (SSSR count). The standard InChI is InChI=1S/C23H31N3O6/c1-27-11-8-24-23(26-17-6-7-18-19(14-17)32-10-5-9-31-18)25-15-16-12-20(28-2)22(30-4)21(13-16)29-3/h6-7,12-14H,5,8-11,15H2,1-4H3,(H2,24,25,26). The highest BCUT2D eigenvalue weighted by Gasteiger charge is 2.14.